The molecule has 3 rings (SSSR count). The molecule has 2 aliphatic rings. The summed E-state index contributed by atoms with van der Waals surface area (Å²) in [5.41, 5.74) is 7.88. The lowest BCUT2D eigenvalue weighted by atomic mass is 10.0. The number of hydrogen-bond donors (Lipinski definition) is 3. The predicted molar refractivity (Wildman–Crippen MR) is 77.2 cm³/mol. The first kappa shape index (κ1) is 13.9. The number of primary amides is 1. The quantitative estimate of drug-likeness (QED) is 0.775. The first-order valence-electron chi connectivity index (χ1n) is 7.38. The van der Waals surface area contributed by atoms with Crippen LogP contribution in [0.3, 0.4) is 0 Å². The van der Waals surface area contributed by atoms with Crippen molar-refractivity contribution < 1.29 is 14.7 Å². The molecule has 0 aliphatic heterocycles. The van der Waals surface area contributed by atoms with Gasteiger partial charge in [0.05, 0.1) is 11.5 Å². The third kappa shape index (κ3) is 2.57. The molecule has 1 fully saturated rings. The van der Waals surface area contributed by atoms with E-state index >= 15 is 0 Å². The fourth-order valence-corrected chi connectivity index (χ4v) is 3.37. The van der Waals surface area contributed by atoms with Crippen LogP contribution in [0.2, 0.25) is 0 Å². The van der Waals surface area contributed by atoms with Crippen LogP contribution in [0.1, 0.15) is 47.3 Å². The number of aliphatic carboxylic acids is 1. The minimum Gasteiger partial charge on any atom is -0.481 e. The van der Waals surface area contributed by atoms with E-state index in [2.05, 4.69) is 10.3 Å². The number of carbonyl (C=O) groups excluding carboxylic acids is 1. The Kier molecular flexibility index (Phi) is 3.53. The Morgan fingerprint density at radius 1 is 1.29 bits per heavy atom. The van der Waals surface area contributed by atoms with E-state index in [1.807, 2.05) is 6.07 Å². The lowest BCUT2D eigenvalue weighted by Crippen LogP contribution is -2.31. The highest BCUT2D eigenvalue weighted by Crippen LogP contribution is 2.31. The Bertz CT molecular complexity index is 600. The average Bonchev–Trinajstić information content (AvgIpc) is 3.05. The summed E-state index contributed by atoms with van der Waals surface area (Å²) < 4.78 is 0. The van der Waals surface area contributed by atoms with Crippen LogP contribution in [0.5, 0.6) is 0 Å². The molecule has 6 heteroatoms. The van der Waals surface area contributed by atoms with Crippen LogP contribution >= 0.6 is 0 Å². The number of carboxylic acids is 1. The molecule has 0 spiro atoms. The number of nitrogens with zero attached hydrogens (tertiary/aromatic N) is 1. The lowest BCUT2D eigenvalue weighted by molar-refractivity contribution is -0.141. The normalized spacial score (nSPS) is 23.8. The SMILES string of the molecule is NC(=O)c1cc2c(nc1NC1CCCC1C(=O)O)CCC2. The number of nitrogens with one attached hydrogen (secondary N) is 1. The maximum atomic E-state index is 11.6. The van der Waals surface area contributed by atoms with Crippen LogP contribution in [0.4, 0.5) is 5.82 Å². The van der Waals surface area contributed by atoms with Gasteiger partial charge in [-0.05, 0) is 43.7 Å². The summed E-state index contributed by atoms with van der Waals surface area (Å²) in [6.45, 7) is 0. The molecule has 0 aromatic carbocycles. The number of fused-ring (bicyclic) bond motifs is 1. The number of aryl methyl sites for hydroxylation is 2. The number of hydrogen-bond acceptors (Lipinski definition) is 4. The molecular weight excluding hydrogens is 270 g/mol. The van der Waals surface area contributed by atoms with Crippen LogP contribution < -0.4 is 11.1 Å². The number of rotatable bonds is 4. The predicted octanol–water partition coefficient (Wildman–Crippen LogP) is 1.33. The largest absolute Gasteiger partial charge is 0.481 e. The molecule has 0 bridgehead atoms. The first-order chi connectivity index (χ1) is 10.1. The highest BCUT2D eigenvalue weighted by Gasteiger charge is 2.34. The zero-order valence-electron chi connectivity index (χ0n) is 11.8. The van der Waals surface area contributed by atoms with E-state index in [1.165, 1.54) is 0 Å². The van der Waals surface area contributed by atoms with Gasteiger partial charge in [-0.15, -0.1) is 0 Å². The van der Waals surface area contributed by atoms with Crippen molar-refractivity contribution in [2.75, 3.05) is 5.32 Å². The van der Waals surface area contributed by atoms with E-state index in [4.69, 9.17) is 5.73 Å². The lowest BCUT2D eigenvalue weighted by Gasteiger charge is -2.20. The molecule has 2 unspecified atom stereocenters. The van der Waals surface area contributed by atoms with Gasteiger partial charge in [0.1, 0.15) is 5.82 Å². The second-order valence-corrected chi connectivity index (χ2v) is 5.83. The van der Waals surface area contributed by atoms with Gasteiger partial charge in [-0.25, -0.2) is 4.98 Å². The fraction of sp³-hybridized carbons (Fsp3) is 0.533. The van der Waals surface area contributed by atoms with Crippen molar-refractivity contribution in [3.63, 3.8) is 0 Å². The molecule has 112 valence electrons. The second-order valence-electron chi connectivity index (χ2n) is 5.83. The molecule has 1 saturated carbocycles. The van der Waals surface area contributed by atoms with E-state index in [9.17, 15) is 14.7 Å². The molecule has 1 heterocycles. The Balaban J connectivity index is 1.91. The molecule has 1 amide bonds. The zero-order chi connectivity index (χ0) is 15.0. The molecule has 6 nitrogen and oxygen atoms in total. The van der Waals surface area contributed by atoms with Crippen LogP contribution in [0.25, 0.3) is 0 Å². The standard InChI is InChI=1S/C15H19N3O3/c16-13(19)10-7-8-3-1-5-11(8)17-14(10)18-12-6-2-4-9(12)15(20)21/h7,9,12H,1-6H2,(H2,16,19)(H,17,18)(H,20,21). The Morgan fingerprint density at radius 2 is 2.10 bits per heavy atom. The monoisotopic (exact) mass is 289 g/mol. The number of carbonyl (C=O) groups is 2. The summed E-state index contributed by atoms with van der Waals surface area (Å²) in [6.07, 6.45) is 5.15. The van der Waals surface area contributed by atoms with Gasteiger partial charge >= 0.3 is 5.97 Å². The molecule has 1 aromatic rings. The van der Waals surface area contributed by atoms with Gasteiger partial charge < -0.3 is 16.2 Å². The van der Waals surface area contributed by atoms with Crippen molar-refractivity contribution in [1.82, 2.24) is 4.98 Å². The first-order valence-corrected chi connectivity index (χ1v) is 7.38. The minimum absolute atomic E-state index is 0.187. The molecule has 21 heavy (non-hydrogen) atoms. The smallest absolute Gasteiger partial charge is 0.308 e. The van der Waals surface area contributed by atoms with Crippen LogP contribution in [0, 0.1) is 5.92 Å². The van der Waals surface area contributed by atoms with Gasteiger partial charge in [-0.2, -0.15) is 0 Å². The maximum absolute atomic E-state index is 11.6. The average molecular weight is 289 g/mol. The molecule has 1 aromatic heterocycles. The minimum atomic E-state index is -0.799. The number of carboxylic acid groups (broad SMARTS) is 1. The fourth-order valence-electron chi connectivity index (χ4n) is 3.37. The summed E-state index contributed by atoms with van der Waals surface area (Å²) >= 11 is 0. The van der Waals surface area contributed by atoms with Crippen molar-refractivity contribution in [2.24, 2.45) is 11.7 Å². The van der Waals surface area contributed by atoms with Crippen LogP contribution in [-0.2, 0) is 17.6 Å². The van der Waals surface area contributed by atoms with E-state index in [-0.39, 0.29) is 6.04 Å². The van der Waals surface area contributed by atoms with Gasteiger partial charge in [-0.3, -0.25) is 9.59 Å². The Morgan fingerprint density at radius 3 is 2.81 bits per heavy atom. The Hall–Kier alpha value is -2.11. The van der Waals surface area contributed by atoms with Gasteiger partial charge in [0, 0.05) is 11.7 Å². The van der Waals surface area contributed by atoms with Crippen molar-refractivity contribution in [3.05, 3.63) is 22.9 Å². The third-order valence-corrected chi connectivity index (χ3v) is 4.47. The molecule has 0 saturated heterocycles. The number of aromatic nitrogens is 1. The second kappa shape index (κ2) is 5.35. The molecule has 2 aliphatic carbocycles. The molecular formula is C15H19N3O3. The van der Waals surface area contributed by atoms with E-state index in [1.54, 1.807) is 0 Å². The van der Waals surface area contributed by atoms with Crippen molar-refractivity contribution in [2.45, 2.75) is 44.6 Å². The van der Waals surface area contributed by atoms with Crippen LogP contribution in [-0.4, -0.2) is 28.0 Å². The van der Waals surface area contributed by atoms with Crippen molar-refractivity contribution in [1.29, 1.82) is 0 Å². The van der Waals surface area contributed by atoms with E-state index in [0.29, 0.717) is 17.8 Å². The molecule has 0 radical (unpaired) electrons. The third-order valence-electron chi connectivity index (χ3n) is 4.47. The van der Waals surface area contributed by atoms with Gasteiger partial charge in [0.2, 0.25) is 0 Å². The Labute approximate surface area is 122 Å². The highest BCUT2D eigenvalue weighted by molar-refractivity contribution is 5.98. The summed E-state index contributed by atoms with van der Waals surface area (Å²) in [4.78, 5) is 27.4. The van der Waals surface area contributed by atoms with Gasteiger partial charge in [-0.1, -0.05) is 6.42 Å². The topological polar surface area (TPSA) is 105 Å². The summed E-state index contributed by atoms with van der Waals surface area (Å²) in [5, 5.41) is 12.4. The van der Waals surface area contributed by atoms with Crippen molar-refractivity contribution in [3.8, 4) is 0 Å². The summed E-state index contributed by atoms with van der Waals surface area (Å²) in [5.74, 6) is -1.31. The van der Waals surface area contributed by atoms with Crippen LogP contribution in [0.15, 0.2) is 6.07 Å². The summed E-state index contributed by atoms with van der Waals surface area (Å²) in [6, 6.07) is 1.62. The number of amides is 1. The van der Waals surface area contributed by atoms with Gasteiger partial charge in [0.25, 0.3) is 5.91 Å². The maximum Gasteiger partial charge on any atom is 0.308 e. The van der Waals surface area contributed by atoms with E-state index in [0.717, 1.165) is 43.4 Å². The zero-order valence-corrected chi connectivity index (χ0v) is 11.8. The molecule has 2 atom stereocenters. The number of nitrogens with two attached hydrogens (primary N) is 1. The van der Waals surface area contributed by atoms with Gasteiger partial charge in [0.15, 0.2) is 0 Å². The van der Waals surface area contributed by atoms with Crippen molar-refractivity contribution >= 4 is 17.7 Å². The number of anilines is 1. The molecule has 4 N–H and O–H groups in total. The highest BCUT2D eigenvalue weighted by atomic mass is 16.4. The number of pyridine rings is 1. The van der Waals surface area contributed by atoms with E-state index < -0.39 is 17.8 Å². The summed E-state index contributed by atoms with van der Waals surface area (Å²) in [7, 11) is 0.